The largest absolute Gasteiger partial charge is 0.340 e. The SMILES string of the molecule is O=C(C1CCC1)N1CCN(CCn2ncccc2=O)CC1. The Hall–Kier alpha value is -1.69. The summed E-state index contributed by atoms with van der Waals surface area (Å²) in [5, 5.41) is 4.06. The van der Waals surface area contributed by atoms with Gasteiger partial charge in [-0.25, -0.2) is 4.68 Å². The minimum absolute atomic E-state index is 0.0590. The van der Waals surface area contributed by atoms with E-state index in [0.29, 0.717) is 18.4 Å². The van der Waals surface area contributed by atoms with Crippen molar-refractivity contribution in [2.24, 2.45) is 5.92 Å². The highest BCUT2D eigenvalue weighted by molar-refractivity contribution is 5.79. The highest BCUT2D eigenvalue weighted by Crippen LogP contribution is 2.28. The van der Waals surface area contributed by atoms with Gasteiger partial charge in [0.15, 0.2) is 0 Å². The van der Waals surface area contributed by atoms with Gasteiger partial charge in [-0.15, -0.1) is 0 Å². The summed E-state index contributed by atoms with van der Waals surface area (Å²) < 4.78 is 1.49. The fourth-order valence-electron chi connectivity index (χ4n) is 2.90. The van der Waals surface area contributed by atoms with E-state index >= 15 is 0 Å². The van der Waals surface area contributed by atoms with Gasteiger partial charge in [-0.3, -0.25) is 14.5 Å². The molecule has 6 heteroatoms. The van der Waals surface area contributed by atoms with Crippen LogP contribution in [0, 0.1) is 5.92 Å². The third kappa shape index (κ3) is 3.32. The van der Waals surface area contributed by atoms with Gasteiger partial charge in [0.25, 0.3) is 5.56 Å². The van der Waals surface area contributed by atoms with E-state index in [-0.39, 0.29) is 5.56 Å². The van der Waals surface area contributed by atoms with Crippen LogP contribution in [0.3, 0.4) is 0 Å². The smallest absolute Gasteiger partial charge is 0.266 e. The van der Waals surface area contributed by atoms with Crippen molar-refractivity contribution in [3.8, 4) is 0 Å². The van der Waals surface area contributed by atoms with Crippen LogP contribution in [-0.4, -0.2) is 58.2 Å². The van der Waals surface area contributed by atoms with Gasteiger partial charge in [-0.1, -0.05) is 6.42 Å². The van der Waals surface area contributed by atoms with Crippen LogP contribution in [-0.2, 0) is 11.3 Å². The van der Waals surface area contributed by atoms with E-state index in [1.54, 1.807) is 12.3 Å². The summed E-state index contributed by atoms with van der Waals surface area (Å²) in [5.41, 5.74) is -0.0590. The van der Waals surface area contributed by atoms with Gasteiger partial charge < -0.3 is 4.90 Å². The van der Waals surface area contributed by atoms with Crippen molar-refractivity contribution in [2.45, 2.75) is 25.8 Å². The van der Waals surface area contributed by atoms with Gasteiger partial charge in [0.2, 0.25) is 5.91 Å². The van der Waals surface area contributed by atoms with E-state index in [0.717, 1.165) is 45.6 Å². The molecular weight excluding hydrogens is 268 g/mol. The average molecular weight is 290 g/mol. The lowest BCUT2D eigenvalue weighted by atomic mass is 9.84. The molecule has 1 aliphatic carbocycles. The van der Waals surface area contributed by atoms with Crippen LogP contribution < -0.4 is 5.56 Å². The summed E-state index contributed by atoms with van der Waals surface area (Å²) in [7, 11) is 0. The molecule has 2 aliphatic rings. The van der Waals surface area contributed by atoms with Crippen molar-refractivity contribution >= 4 is 5.91 Å². The lowest BCUT2D eigenvalue weighted by molar-refractivity contribution is -0.139. The predicted molar refractivity (Wildman–Crippen MR) is 78.9 cm³/mol. The summed E-state index contributed by atoms with van der Waals surface area (Å²) in [6, 6.07) is 3.19. The first kappa shape index (κ1) is 14.3. The zero-order valence-corrected chi connectivity index (χ0v) is 12.3. The summed E-state index contributed by atoms with van der Waals surface area (Å²) in [5.74, 6) is 0.644. The number of hydrogen-bond acceptors (Lipinski definition) is 4. The molecule has 1 saturated carbocycles. The van der Waals surface area contributed by atoms with Crippen LogP contribution in [0.4, 0.5) is 0 Å². The molecule has 0 N–H and O–H groups in total. The molecule has 0 unspecified atom stereocenters. The Bertz CT molecular complexity index is 545. The maximum Gasteiger partial charge on any atom is 0.266 e. The normalized spacial score (nSPS) is 20.3. The predicted octanol–water partition coefficient (Wildman–Crippen LogP) is 0.188. The summed E-state index contributed by atoms with van der Waals surface area (Å²) in [6.45, 7) is 4.82. The standard InChI is InChI=1S/C15H22N4O2/c20-14-5-2-6-16-19(14)12-9-17-7-10-18(11-8-17)15(21)13-3-1-4-13/h2,5-6,13H,1,3-4,7-12H2. The molecule has 21 heavy (non-hydrogen) atoms. The third-order valence-corrected chi connectivity index (χ3v) is 4.55. The fourth-order valence-corrected chi connectivity index (χ4v) is 2.90. The Kier molecular flexibility index (Phi) is 4.34. The first-order chi connectivity index (χ1) is 10.2. The molecule has 0 atom stereocenters. The zero-order chi connectivity index (χ0) is 14.7. The Balaban J connectivity index is 1.44. The molecule has 0 bridgehead atoms. The van der Waals surface area contributed by atoms with Crippen LogP contribution in [0.2, 0.25) is 0 Å². The Labute approximate surface area is 124 Å². The number of piperazine rings is 1. The Morgan fingerprint density at radius 2 is 1.95 bits per heavy atom. The Morgan fingerprint density at radius 3 is 2.57 bits per heavy atom. The van der Waals surface area contributed by atoms with Crippen LogP contribution >= 0.6 is 0 Å². The number of nitrogens with zero attached hydrogens (tertiary/aromatic N) is 4. The van der Waals surface area contributed by atoms with Gasteiger partial charge in [0, 0.05) is 50.9 Å². The molecule has 1 saturated heterocycles. The fraction of sp³-hybridized carbons (Fsp3) is 0.667. The molecular formula is C15H22N4O2. The summed E-state index contributed by atoms with van der Waals surface area (Å²) in [6.07, 6.45) is 4.98. The van der Waals surface area contributed by atoms with Crippen molar-refractivity contribution in [3.05, 3.63) is 28.7 Å². The molecule has 1 aliphatic heterocycles. The van der Waals surface area contributed by atoms with Gasteiger partial charge >= 0.3 is 0 Å². The summed E-state index contributed by atoms with van der Waals surface area (Å²) >= 11 is 0. The quantitative estimate of drug-likeness (QED) is 0.794. The average Bonchev–Trinajstić information content (AvgIpc) is 2.45. The molecule has 3 rings (SSSR count). The van der Waals surface area contributed by atoms with Gasteiger partial charge in [0.05, 0.1) is 6.54 Å². The van der Waals surface area contributed by atoms with Crippen molar-refractivity contribution in [1.82, 2.24) is 19.6 Å². The van der Waals surface area contributed by atoms with Crippen molar-refractivity contribution in [1.29, 1.82) is 0 Å². The van der Waals surface area contributed by atoms with Gasteiger partial charge in [-0.05, 0) is 18.9 Å². The second-order valence-corrected chi connectivity index (χ2v) is 5.88. The third-order valence-electron chi connectivity index (χ3n) is 4.55. The van der Waals surface area contributed by atoms with E-state index < -0.39 is 0 Å². The number of carbonyl (C=O) groups is 1. The molecule has 0 spiro atoms. The van der Waals surface area contributed by atoms with E-state index in [2.05, 4.69) is 10.00 Å². The van der Waals surface area contributed by atoms with Gasteiger partial charge in [0.1, 0.15) is 0 Å². The molecule has 1 amide bonds. The topological polar surface area (TPSA) is 58.4 Å². The molecule has 0 radical (unpaired) electrons. The van der Waals surface area contributed by atoms with E-state index in [1.165, 1.54) is 17.2 Å². The maximum absolute atomic E-state index is 12.2. The highest BCUT2D eigenvalue weighted by Gasteiger charge is 2.30. The molecule has 6 nitrogen and oxygen atoms in total. The lowest BCUT2D eigenvalue weighted by Gasteiger charge is -2.38. The van der Waals surface area contributed by atoms with Crippen LogP contribution in [0.1, 0.15) is 19.3 Å². The number of aromatic nitrogens is 2. The second-order valence-electron chi connectivity index (χ2n) is 5.88. The first-order valence-electron chi connectivity index (χ1n) is 7.77. The zero-order valence-electron chi connectivity index (χ0n) is 12.3. The number of carbonyl (C=O) groups excluding carboxylic acids is 1. The minimum atomic E-state index is -0.0590. The molecule has 1 aromatic heterocycles. The lowest BCUT2D eigenvalue weighted by Crippen LogP contribution is -2.51. The van der Waals surface area contributed by atoms with Crippen LogP contribution in [0.25, 0.3) is 0 Å². The molecule has 114 valence electrons. The van der Waals surface area contributed by atoms with Crippen molar-refractivity contribution in [3.63, 3.8) is 0 Å². The van der Waals surface area contributed by atoms with Crippen LogP contribution in [0.5, 0.6) is 0 Å². The molecule has 2 heterocycles. The molecule has 2 fully saturated rings. The van der Waals surface area contributed by atoms with Crippen LogP contribution in [0.15, 0.2) is 23.1 Å². The molecule has 0 aromatic carbocycles. The highest BCUT2D eigenvalue weighted by atomic mass is 16.2. The van der Waals surface area contributed by atoms with Crippen molar-refractivity contribution in [2.75, 3.05) is 32.7 Å². The van der Waals surface area contributed by atoms with E-state index in [9.17, 15) is 9.59 Å². The minimum Gasteiger partial charge on any atom is -0.340 e. The number of rotatable bonds is 4. The second kappa shape index (κ2) is 6.39. The molecule has 1 aromatic rings. The van der Waals surface area contributed by atoms with Gasteiger partial charge in [-0.2, -0.15) is 5.10 Å². The van der Waals surface area contributed by atoms with E-state index in [4.69, 9.17) is 0 Å². The first-order valence-corrected chi connectivity index (χ1v) is 7.77. The number of hydrogen-bond donors (Lipinski definition) is 0. The van der Waals surface area contributed by atoms with E-state index in [1.807, 2.05) is 4.90 Å². The monoisotopic (exact) mass is 290 g/mol. The summed E-state index contributed by atoms with van der Waals surface area (Å²) in [4.78, 5) is 28.0. The Morgan fingerprint density at radius 1 is 1.19 bits per heavy atom. The maximum atomic E-state index is 12.2. The number of amides is 1. The van der Waals surface area contributed by atoms with Crippen molar-refractivity contribution < 1.29 is 4.79 Å².